The quantitative estimate of drug-likeness (QED) is 0.279. The van der Waals surface area contributed by atoms with Gasteiger partial charge in [-0.15, -0.1) is 0 Å². The lowest BCUT2D eigenvalue weighted by Crippen LogP contribution is -1.94. The fourth-order valence-electron chi connectivity index (χ4n) is 3.90. The van der Waals surface area contributed by atoms with Crippen LogP contribution in [0.1, 0.15) is 21.5 Å². The first-order chi connectivity index (χ1) is 14.2. The van der Waals surface area contributed by atoms with Crippen LogP contribution in [0.15, 0.2) is 91.0 Å². The summed E-state index contributed by atoms with van der Waals surface area (Å²) in [7, 11) is 0. The minimum absolute atomic E-state index is 0.262. The van der Waals surface area contributed by atoms with E-state index in [0.717, 1.165) is 16.5 Å². The van der Waals surface area contributed by atoms with Gasteiger partial charge in [-0.1, -0.05) is 72.5 Å². The number of carbonyl (C=O) groups is 1. The SMILES string of the molecule is O=C(O)c1ccc(C#Cc2cccc3c4ccccc4c4ccccc4c23)cc1. The molecule has 1 N–H and O–H groups in total. The van der Waals surface area contributed by atoms with Crippen LogP contribution in [-0.4, -0.2) is 11.1 Å². The predicted octanol–water partition coefficient (Wildman–Crippen LogP) is 6.24. The zero-order valence-electron chi connectivity index (χ0n) is 15.5. The van der Waals surface area contributed by atoms with E-state index in [2.05, 4.69) is 66.4 Å². The molecule has 5 rings (SSSR count). The van der Waals surface area contributed by atoms with Crippen molar-refractivity contribution < 1.29 is 9.90 Å². The molecule has 0 bridgehead atoms. The predicted molar refractivity (Wildman–Crippen MR) is 118 cm³/mol. The normalized spacial score (nSPS) is 10.8. The van der Waals surface area contributed by atoms with E-state index in [1.165, 1.54) is 26.9 Å². The molecule has 0 aromatic heterocycles. The van der Waals surface area contributed by atoms with Gasteiger partial charge in [-0.2, -0.15) is 0 Å². The molecular weight excluding hydrogens is 356 g/mol. The van der Waals surface area contributed by atoms with Crippen LogP contribution in [0.25, 0.3) is 32.3 Å². The third-order valence-corrected chi connectivity index (χ3v) is 5.24. The Bertz CT molecular complexity index is 1420. The van der Waals surface area contributed by atoms with Gasteiger partial charge in [-0.3, -0.25) is 0 Å². The Hall–Kier alpha value is -4.09. The summed E-state index contributed by atoms with van der Waals surface area (Å²) in [6, 6.07) is 29.8. The first-order valence-corrected chi connectivity index (χ1v) is 9.40. The van der Waals surface area contributed by atoms with Crippen molar-refractivity contribution in [3.8, 4) is 11.8 Å². The van der Waals surface area contributed by atoms with Gasteiger partial charge in [-0.05, 0) is 57.3 Å². The van der Waals surface area contributed by atoms with Crippen molar-refractivity contribution in [2.24, 2.45) is 0 Å². The molecule has 0 saturated carbocycles. The first-order valence-electron chi connectivity index (χ1n) is 9.40. The topological polar surface area (TPSA) is 37.3 Å². The molecule has 0 aliphatic rings. The van der Waals surface area contributed by atoms with Crippen LogP contribution in [0, 0.1) is 11.8 Å². The van der Waals surface area contributed by atoms with Crippen LogP contribution in [0.4, 0.5) is 0 Å². The number of aromatic carboxylic acids is 1. The van der Waals surface area contributed by atoms with Gasteiger partial charge in [0.2, 0.25) is 0 Å². The molecular formula is C27H16O2. The number of rotatable bonds is 1. The Balaban J connectivity index is 1.77. The molecule has 2 heteroatoms. The molecule has 0 spiro atoms. The molecule has 0 unspecified atom stereocenters. The second-order valence-corrected chi connectivity index (χ2v) is 6.95. The highest BCUT2D eigenvalue weighted by atomic mass is 16.4. The Morgan fingerprint density at radius 2 is 1.10 bits per heavy atom. The fourth-order valence-corrected chi connectivity index (χ4v) is 3.90. The zero-order valence-corrected chi connectivity index (χ0v) is 15.5. The molecule has 136 valence electrons. The Kier molecular flexibility index (Phi) is 4.00. The molecule has 0 radical (unpaired) electrons. The summed E-state index contributed by atoms with van der Waals surface area (Å²) in [5.41, 5.74) is 2.02. The lowest BCUT2D eigenvalue weighted by molar-refractivity contribution is 0.0697. The number of carboxylic acids is 1. The summed E-state index contributed by atoms with van der Waals surface area (Å²) >= 11 is 0. The van der Waals surface area contributed by atoms with E-state index in [0.29, 0.717) is 0 Å². The van der Waals surface area contributed by atoms with Crippen LogP contribution in [0.3, 0.4) is 0 Å². The number of benzene rings is 5. The minimum atomic E-state index is -0.933. The summed E-state index contributed by atoms with van der Waals surface area (Å²) in [6.07, 6.45) is 0. The molecule has 5 aromatic rings. The molecule has 29 heavy (non-hydrogen) atoms. The molecule has 0 heterocycles. The van der Waals surface area contributed by atoms with Crippen molar-refractivity contribution in [1.82, 2.24) is 0 Å². The first kappa shape index (κ1) is 17.0. The van der Waals surface area contributed by atoms with Crippen LogP contribution in [0.5, 0.6) is 0 Å². The van der Waals surface area contributed by atoms with E-state index in [1.807, 2.05) is 12.1 Å². The van der Waals surface area contributed by atoms with Crippen LogP contribution in [0.2, 0.25) is 0 Å². The van der Waals surface area contributed by atoms with Crippen molar-refractivity contribution >= 4 is 38.3 Å². The summed E-state index contributed by atoms with van der Waals surface area (Å²) in [6.45, 7) is 0. The second-order valence-electron chi connectivity index (χ2n) is 6.95. The van der Waals surface area contributed by atoms with E-state index >= 15 is 0 Å². The maximum Gasteiger partial charge on any atom is 0.335 e. The van der Waals surface area contributed by atoms with Crippen molar-refractivity contribution in [3.05, 3.63) is 108 Å². The Morgan fingerprint density at radius 1 is 0.586 bits per heavy atom. The summed E-state index contributed by atoms with van der Waals surface area (Å²) in [4.78, 5) is 11.0. The van der Waals surface area contributed by atoms with Gasteiger partial charge in [0.15, 0.2) is 0 Å². The molecule has 0 saturated heterocycles. The Labute approximate surface area is 168 Å². The van der Waals surface area contributed by atoms with Gasteiger partial charge in [0.05, 0.1) is 5.56 Å². The van der Waals surface area contributed by atoms with Crippen molar-refractivity contribution in [2.45, 2.75) is 0 Å². The molecule has 5 aromatic carbocycles. The molecule has 2 nitrogen and oxygen atoms in total. The highest BCUT2D eigenvalue weighted by Crippen LogP contribution is 2.36. The highest BCUT2D eigenvalue weighted by molar-refractivity contribution is 6.26. The van der Waals surface area contributed by atoms with E-state index < -0.39 is 5.97 Å². The van der Waals surface area contributed by atoms with Crippen LogP contribution < -0.4 is 0 Å². The lowest BCUT2D eigenvalue weighted by atomic mass is 9.92. The minimum Gasteiger partial charge on any atom is -0.478 e. The monoisotopic (exact) mass is 372 g/mol. The smallest absolute Gasteiger partial charge is 0.335 e. The number of hydrogen-bond acceptors (Lipinski definition) is 1. The second kappa shape index (κ2) is 6.82. The number of fused-ring (bicyclic) bond motifs is 6. The third kappa shape index (κ3) is 2.90. The summed E-state index contributed by atoms with van der Waals surface area (Å²) in [5, 5.41) is 16.3. The van der Waals surface area contributed by atoms with Crippen molar-refractivity contribution in [1.29, 1.82) is 0 Å². The zero-order chi connectivity index (χ0) is 19.8. The average Bonchev–Trinajstić information content (AvgIpc) is 2.78. The molecule has 0 atom stereocenters. The average molecular weight is 372 g/mol. The highest BCUT2D eigenvalue weighted by Gasteiger charge is 2.10. The standard InChI is InChI=1S/C27H16O2/c28-27(29)20-16-13-18(14-17-20)12-15-19-6-5-11-25-23-8-2-1-7-21(23)22-9-3-4-10-24(22)26(19)25/h1-11,13-14,16-17H,(H,28,29). The maximum atomic E-state index is 11.0. The number of hydrogen-bond donors (Lipinski definition) is 1. The van der Waals surface area contributed by atoms with E-state index in [1.54, 1.807) is 24.3 Å². The fraction of sp³-hybridized carbons (Fsp3) is 0. The van der Waals surface area contributed by atoms with Gasteiger partial charge in [0.25, 0.3) is 0 Å². The van der Waals surface area contributed by atoms with Gasteiger partial charge in [0.1, 0.15) is 0 Å². The third-order valence-electron chi connectivity index (χ3n) is 5.24. The van der Waals surface area contributed by atoms with E-state index in [9.17, 15) is 4.79 Å². The lowest BCUT2D eigenvalue weighted by Gasteiger charge is -2.11. The largest absolute Gasteiger partial charge is 0.478 e. The molecule has 0 aliphatic carbocycles. The Morgan fingerprint density at radius 3 is 1.69 bits per heavy atom. The number of carboxylic acid groups (broad SMARTS) is 1. The maximum absolute atomic E-state index is 11.0. The van der Waals surface area contributed by atoms with Crippen LogP contribution >= 0.6 is 0 Å². The molecule has 0 fully saturated rings. The van der Waals surface area contributed by atoms with Gasteiger partial charge in [0, 0.05) is 16.5 Å². The van der Waals surface area contributed by atoms with Crippen molar-refractivity contribution in [2.75, 3.05) is 0 Å². The van der Waals surface area contributed by atoms with E-state index in [-0.39, 0.29) is 5.56 Å². The van der Waals surface area contributed by atoms with Gasteiger partial charge >= 0.3 is 5.97 Å². The summed E-state index contributed by atoms with van der Waals surface area (Å²) in [5.74, 6) is 5.57. The van der Waals surface area contributed by atoms with Crippen molar-refractivity contribution in [3.63, 3.8) is 0 Å². The van der Waals surface area contributed by atoms with E-state index in [4.69, 9.17) is 5.11 Å². The van der Waals surface area contributed by atoms with Gasteiger partial charge in [-0.25, -0.2) is 4.79 Å². The molecule has 0 amide bonds. The van der Waals surface area contributed by atoms with Crippen LogP contribution in [-0.2, 0) is 0 Å². The summed E-state index contributed by atoms with van der Waals surface area (Å²) < 4.78 is 0. The molecule has 0 aliphatic heterocycles. The van der Waals surface area contributed by atoms with Gasteiger partial charge < -0.3 is 5.11 Å².